The molecule has 25 heavy (non-hydrogen) atoms. The predicted octanol–water partition coefficient (Wildman–Crippen LogP) is 3.74. The summed E-state index contributed by atoms with van der Waals surface area (Å²) < 4.78 is 2.35. The van der Waals surface area contributed by atoms with E-state index < -0.39 is 0 Å². The van der Waals surface area contributed by atoms with Crippen LogP contribution in [0.15, 0.2) is 36.5 Å². The second-order valence-electron chi connectivity index (χ2n) is 7.48. The minimum atomic E-state index is 0.446. The van der Waals surface area contributed by atoms with Crippen molar-refractivity contribution in [3.63, 3.8) is 0 Å². The van der Waals surface area contributed by atoms with Gasteiger partial charge in [-0.15, -0.1) is 10.2 Å². The number of fused-ring (bicyclic) bond motifs is 2. The summed E-state index contributed by atoms with van der Waals surface area (Å²) >= 11 is 0. The minimum absolute atomic E-state index is 0.446. The Labute approximate surface area is 148 Å². The Kier molecular flexibility index (Phi) is 4.25. The normalized spacial score (nSPS) is 18.0. The number of para-hydroxylation sites is 1. The van der Waals surface area contributed by atoms with E-state index in [1.807, 2.05) is 12.3 Å². The number of hydrogen-bond acceptors (Lipinski definition) is 4. The van der Waals surface area contributed by atoms with Crippen LogP contribution < -0.4 is 0 Å². The summed E-state index contributed by atoms with van der Waals surface area (Å²) in [5.41, 5.74) is 2.39. The van der Waals surface area contributed by atoms with Crippen molar-refractivity contribution in [1.29, 1.82) is 0 Å². The highest BCUT2D eigenvalue weighted by atomic mass is 15.3. The van der Waals surface area contributed by atoms with Gasteiger partial charge in [-0.3, -0.25) is 9.88 Å². The Balaban J connectivity index is 1.63. The largest absolute Gasteiger partial charge is 0.310 e. The van der Waals surface area contributed by atoms with Gasteiger partial charge in [0.25, 0.3) is 0 Å². The molecule has 130 valence electrons. The van der Waals surface area contributed by atoms with Gasteiger partial charge in [-0.2, -0.15) is 0 Å². The molecule has 2 aromatic heterocycles. The zero-order valence-corrected chi connectivity index (χ0v) is 15.2. The molecule has 5 nitrogen and oxygen atoms in total. The van der Waals surface area contributed by atoms with E-state index in [2.05, 4.69) is 69.7 Å². The maximum Gasteiger partial charge on any atom is 0.147 e. The van der Waals surface area contributed by atoms with Crippen LogP contribution in [0.1, 0.15) is 43.5 Å². The van der Waals surface area contributed by atoms with Gasteiger partial charge in [-0.25, -0.2) is 0 Å². The maximum absolute atomic E-state index is 4.60. The number of hydrogen-bond donors (Lipinski definition) is 0. The fraction of sp³-hybridized carbons (Fsp3) is 0.450. The summed E-state index contributed by atoms with van der Waals surface area (Å²) in [6.45, 7) is 9.41. The van der Waals surface area contributed by atoms with Crippen molar-refractivity contribution in [3.05, 3.63) is 53.7 Å². The van der Waals surface area contributed by atoms with E-state index in [0.29, 0.717) is 12.0 Å². The van der Waals surface area contributed by atoms with Crippen LogP contribution in [0.5, 0.6) is 0 Å². The third kappa shape index (κ3) is 3.16. The van der Waals surface area contributed by atoms with E-state index in [1.54, 1.807) is 0 Å². The monoisotopic (exact) mass is 335 g/mol. The first kappa shape index (κ1) is 16.2. The van der Waals surface area contributed by atoms with Crippen LogP contribution in [0.3, 0.4) is 0 Å². The molecule has 0 radical (unpaired) electrons. The van der Waals surface area contributed by atoms with Crippen molar-refractivity contribution >= 4 is 10.9 Å². The quantitative estimate of drug-likeness (QED) is 0.729. The second-order valence-corrected chi connectivity index (χ2v) is 7.48. The average molecular weight is 335 g/mol. The lowest BCUT2D eigenvalue weighted by Gasteiger charge is -2.35. The van der Waals surface area contributed by atoms with Crippen LogP contribution in [-0.4, -0.2) is 31.2 Å². The number of benzene rings is 1. The molecule has 4 rings (SSSR count). The molecule has 3 aromatic rings. The summed E-state index contributed by atoms with van der Waals surface area (Å²) in [6.07, 6.45) is 3.03. The molecule has 0 unspecified atom stereocenters. The minimum Gasteiger partial charge on any atom is -0.310 e. The number of nitrogens with zero attached hydrogens (tertiary/aromatic N) is 5. The standard InChI is InChI=1S/C20H25N5/c1-14(2)10-18-12-24(13-19-23-22-15(3)25(18)19)11-17-7-4-6-16-8-5-9-21-20(16)17/h4-9,14,18H,10-13H2,1-3H3/t18-/m0/s1. The molecule has 1 atom stereocenters. The van der Waals surface area contributed by atoms with Crippen molar-refractivity contribution in [3.8, 4) is 0 Å². The summed E-state index contributed by atoms with van der Waals surface area (Å²) in [5, 5.41) is 9.95. The van der Waals surface area contributed by atoms with E-state index in [0.717, 1.165) is 43.2 Å². The van der Waals surface area contributed by atoms with Crippen LogP contribution in [0.25, 0.3) is 10.9 Å². The third-order valence-corrected chi connectivity index (χ3v) is 4.99. The maximum atomic E-state index is 4.60. The highest BCUT2D eigenvalue weighted by Crippen LogP contribution is 2.28. The summed E-state index contributed by atoms with van der Waals surface area (Å²) in [5.74, 6) is 2.77. The molecule has 3 heterocycles. The van der Waals surface area contributed by atoms with Crippen LogP contribution in [0.2, 0.25) is 0 Å². The van der Waals surface area contributed by atoms with Gasteiger partial charge in [0.05, 0.1) is 12.1 Å². The molecule has 0 bridgehead atoms. The first-order valence-electron chi connectivity index (χ1n) is 9.07. The Hall–Kier alpha value is -2.27. The molecule has 0 amide bonds. The number of rotatable bonds is 4. The summed E-state index contributed by atoms with van der Waals surface area (Å²) in [7, 11) is 0. The van der Waals surface area contributed by atoms with E-state index >= 15 is 0 Å². The molecule has 0 spiro atoms. The van der Waals surface area contributed by atoms with E-state index in [-0.39, 0.29) is 0 Å². The van der Waals surface area contributed by atoms with Gasteiger partial charge in [0, 0.05) is 30.7 Å². The second kappa shape index (κ2) is 6.56. The molecule has 5 heteroatoms. The lowest BCUT2D eigenvalue weighted by atomic mass is 10.0. The SMILES string of the molecule is Cc1nnc2n1[C@@H](CC(C)C)CN(Cc1cccc3cccnc13)C2. The lowest BCUT2D eigenvalue weighted by molar-refractivity contribution is 0.159. The zero-order valence-electron chi connectivity index (χ0n) is 15.2. The summed E-state index contributed by atoms with van der Waals surface area (Å²) in [4.78, 5) is 7.09. The van der Waals surface area contributed by atoms with Gasteiger partial charge >= 0.3 is 0 Å². The van der Waals surface area contributed by atoms with E-state index in [1.165, 1.54) is 10.9 Å². The highest BCUT2D eigenvalue weighted by molar-refractivity contribution is 5.81. The fourth-order valence-corrected chi connectivity index (χ4v) is 4.02. The number of pyridine rings is 1. The van der Waals surface area contributed by atoms with Gasteiger partial charge in [0.2, 0.25) is 0 Å². The van der Waals surface area contributed by atoms with Gasteiger partial charge in [0.1, 0.15) is 11.6 Å². The molecule has 1 aliphatic heterocycles. The molecule has 0 aliphatic carbocycles. The zero-order chi connectivity index (χ0) is 17.4. The predicted molar refractivity (Wildman–Crippen MR) is 99.1 cm³/mol. The van der Waals surface area contributed by atoms with Crippen molar-refractivity contribution in [2.45, 2.75) is 46.3 Å². The van der Waals surface area contributed by atoms with Crippen LogP contribution in [-0.2, 0) is 13.1 Å². The molecule has 0 saturated heterocycles. The summed E-state index contributed by atoms with van der Waals surface area (Å²) in [6, 6.07) is 11.0. The molecule has 1 aliphatic rings. The molecule has 0 saturated carbocycles. The molecule has 0 fully saturated rings. The number of aromatic nitrogens is 4. The van der Waals surface area contributed by atoms with Gasteiger partial charge in [0.15, 0.2) is 0 Å². The Morgan fingerprint density at radius 2 is 2.00 bits per heavy atom. The van der Waals surface area contributed by atoms with Crippen molar-refractivity contribution in [1.82, 2.24) is 24.6 Å². The van der Waals surface area contributed by atoms with Crippen LogP contribution in [0, 0.1) is 12.8 Å². The fourth-order valence-electron chi connectivity index (χ4n) is 4.02. The van der Waals surface area contributed by atoms with E-state index in [4.69, 9.17) is 0 Å². The van der Waals surface area contributed by atoms with Crippen LogP contribution >= 0.6 is 0 Å². The first-order valence-corrected chi connectivity index (χ1v) is 9.07. The average Bonchev–Trinajstić information content (AvgIpc) is 2.96. The molecular formula is C20H25N5. The molecular weight excluding hydrogens is 310 g/mol. The third-order valence-electron chi connectivity index (χ3n) is 4.99. The van der Waals surface area contributed by atoms with Crippen LogP contribution in [0.4, 0.5) is 0 Å². The van der Waals surface area contributed by atoms with E-state index in [9.17, 15) is 0 Å². The van der Waals surface area contributed by atoms with Gasteiger partial charge < -0.3 is 4.57 Å². The lowest BCUT2D eigenvalue weighted by Crippen LogP contribution is -2.38. The Morgan fingerprint density at radius 3 is 2.84 bits per heavy atom. The van der Waals surface area contributed by atoms with Crippen molar-refractivity contribution in [2.75, 3.05) is 6.54 Å². The topological polar surface area (TPSA) is 46.8 Å². The van der Waals surface area contributed by atoms with Crippen molar-refractivity contribution < 1.29 is 0 Å². The Bertz CT molecular complexity index is 877. The highest BCUT2D eigenvalue weighted by Gasteiger charge is 2.28. The molecule has 0 N–H and O–H groups in total. The van der Waals surface area contributed by atoms with Gasteiger partial charge in [-0.1, -0.05) is 38.1 Å². The Morgan fingerprint density at radius 1 is 1.16 bits per heavy atom. The van der Waals surface area contributed by atoms with Crippen molar-refractivity contribution in [2.24, 2.45) is 5.92 Å². The first-order chi connectivity index (χ1) is 12.1. The number of aryl methyl sites for hydroxylation is 1. The van der Waals surface area contributed by atoms with Gasteiger partial charge in [-0.05, 0) is 30.9 Å². The molecule has 1 aromatic carbocycles. The smallest absolute Gasteiger partial charge is 0.147 e.